The molecular formula is C24H15BO4. The minimum absolute atomic E-state index is 0.436. The smallest absolute Gasteiger partial charge is 0.456 e. The first-order chi connectivity index (χ1) is 14.2. The number of para-hydroxylation sites is 1. The van der Waals surface area contributed by atoms with Crippen LogP contribution in [0.15, 0.2) is 87.7 Å². The van der Waals surface area contributed by atoms with Crippen molar-refractivity contribution >= 4 is 56.5 Å². The van der Waals surface area contributed by atoms with Crippen molar-refractivity contribution in [3.63, 3.8) is 0 Å². The molecule has 6 rings (SSSR count). The molecule has 0 bridgehead atoms. The van der Waals surface area contributed by atoms with Crippen LogP contribution in [0.5, 0.6) is 0 Å². The standard InChI is InChI=1S/C24H15BO4/c26-25(27)18-7-4-10-22-24(18)17-13-14(11-12-20(17)29-22)15-6-3-9-21-23(15)16-5-1-2-8-19(16)28-21/h1-13,26-27H. The number of furan rings is 2. The highest BCUT2D eigenvalue weighted by atomic mass is 16.4. The average molecular weight is 378 g/mol. The summed E-state index contributed by atoms with van der Waals surface area (Å²) in [6, 6.07) is 25.4. The maximum atomic E-state index is 9.82. The Hall–Kier alpha value is -3.54. The van der Waals surface area contributed by atoms with Gasteiger partial charge in [0.05, 0.1) is 0 Å². The predicted octanol–water partition coefficient (Wildman–Crippen LogP) is 4.83. The number of rotatable bonds is 2. The first-order valence-electron chi connectivity index (χ1n) is 9.42. The van der Waals surface area contributed by atoms with Gasteiger partial charge in [-0.25, -0.2) is 0 Å². The van der Waals surface area contributed by atoms with Crippen molar-refractivity contribution in [2.24, 2.45) is 0 Å². The third kappa shape index (κ3) is 2.35. The molecule has 0 unspecified atom stereocenters. The quantitative estimate of drug-likeness (QED) is 0.424. The Morgan fingerprint density at radius 2 is 1.28 bits per heavy atom. The van der Waals surface area contributed by atoms with Crippen molar-refractivity contribution in [1.29, 1.82) is 0 Å². The molecule has 0 aliphatic carbocycles. The maximum absolute atomic E-state index is 9.82. The van der Waals surface area contributed by atoms with Crippen LogP contribution in [0, 0.1) is 0 Å². The Balaban J connectivity index is 1.69. The monoisotopic (exact) mass is 378 g/mol. The van der Waals surface area contributed by atoms with Crippen LogP contribution < -0.4 is 5.46 Å². The van der Waals surface area contributed by atoms with Crippen molar-refractivity contribution in [2.45, 2.75) is 0 Å². The van der Waals surface area contributed by atoms with E-state index in [0.29, 0.717) is 16.6 Å². The molecule has 2 aromatic heterocycles. The van der Waals surface area contributed by atoms with E-state index in [-0.39, 0.29) is 0 Å². The topological polar surface area (TPSA) is 66.7 Å². The van der Waals surface area contributed by atoms with Crippen LogP contribution in [0.25, 0.3) is 55.0 Å². The van der Waals surface area contributed by atoms with Gasteiger partial charge in [0.1, 0.15) is 22.3 Å². The normalized spacial score (nSPS) is 11.8. The summed E-state index contributed by atoms with van der Waals surface area (Å²) in [6.07, 6.45) is 0. The maximum Gasteiger partial charge on any atom is 0.489 e. The van der Waals surface area contributed by atoms with E-state index in [1.165, 1.54) is 0 Å². The highest BCUT2D eigenvalue weighted by molar-refractivity contribution is 6.62. The first kappa shape index (κ1) is 16.4. The van der Waals surface area contributed by atoms with Crippen LogP contribution in [0.4, 0.5) is 0 Å². The van der Waals surface area contributed by atoms with E-state index in [9.17, 15) is 10.0 Å². The molecule has 4 aromatic carbocycles. The molecule has 0 radical (unpaired) electrons. The summed E-state index contributed by atoms with van der Waals surface area (Å²) in [6.45, 7) is 0. The molecule has 0 saturated carbocycles. The number of benzene rings is 4. The fraction of sp³-hybridized carbons (Fsp3) is 0. The van der Waals surface area contributed by atoms with E-state index >= 15 is 0 Å². The molecule has 0 spiro atoms. The molecule has 0 aliphatic rings. The first-order valence-corrected chi connectivity index (χ1v) is 9.42. The van der Waals surface area contributed by atoms with Crippen LogP contribution in [0.3, 0.4) is 0 Å². The molecule has 0 saturated heterocycles. The molecular weight excluding hydrogens is 363 g/mol. The largest absolute Gasteiger partial charge is 0.489 e. The number of hydrogen-bond acceptors (Lipinski definition) is 4. The lowest BCUT2D eigenvalue weighted by atomic mass is 9.77. The summed E-state index contributed by atoms with van der Waals surface area (Å²) >= 11 is 0. The Bertz CT molecular complexity index is 1540. The lowest BCUT2D eigenvalue weighted by Crippen LogP contribution is -2.30. The highest BCUT2D eigenvalue weighted by Gasteiger charge is 2.20. The van der Waals surface area contributed by atoms with Gasteiger partial charge >= 0.3 is 7.12 Å². The summed E-state index contributed by atoms with van der Waals surface area (Å²) < 4.78 is 12.0. The summed E-state index contributed by atoms with van der Waals surface area (Å²) in [5, 5.41) is 23.4. The van der Waals surface area contributed by atoms with Gasteiger partial charge in [-0.3, -0.25) is 0 Å². The fourth-order valence-corrected chi connectivity index (χ4v) is 4.25. The summed E-state index contributed by atoms with van der Waals surface area (Å²) in [5.74, 6) is 0. The van der Waals surface area contributed by atoms with Gasteiger partial charge < -0.3 is 18.9 Å². The van der Waals surface area contributed by atoms with E-state index < -0.39 is 7.12 Å². The molecule has 0 atom stereocenters. The SMILES string of the molecule is OB(O)c1cccc2oc3ccc(-c4cccc5oc6ccccc6c45)cc3c12. The highest BCUT2D eigenvalue weighted by Crippen LogP contribution is 2.38. The lowest BCUT2D eigenvalue weighted by Gasteiger charge is -2.05. The molecule has 2 heterocycles. The zero-order valence-corrected chi connectivity index (χ0v) is 15.3. The molecule has 4 nitrogen and oxygen atoms in total. The van der Waals surface area contributed by atoms with Gasteiger partial charge in [0.15, 0.2) is 0 Å². The van der Waals surface area contributed by atoms with Gasteiger partial charge in [0.2, 0.25) is 0 Å². The van der Waals surface area contributed by atoms with Crippen molar-refractivity contribution < 1.29 is 18.9 Å². The van der Waals surface area contributed by atoms with E-state index in [4.69, 9.17) is 8.83 Å². The van der Waals surface area contributed by atoms with Gasteiger partial charge in [0.25, 0.3) is 0 Å². The lowest BCUT2D eigenvalue weighted by molar-refractivity contribution is 0.426. The number of fused-ring (bicyclic) bond motifs is 6. The van der Waals surface area contributed by atoms with Gasteiger partial charge in [-0.15, -0.1) is 0 Å². The Morgan fingerprint density at radius 3 is 2.10 bits per heavy atom. The fourth-order valence-electron chi connectivity index (χ4n) is 4.25. The second-order valence-corrected chi connectivity index (χ2v) is 7.18. The van der Waals surface area contributed by atoms with E-state index in [1.807, 2.05) is 54.6 Å². The zero-order chi connectivity index (χ0) is 19.5. The van der Waals surface area contributed by atoms with Crippen molar-refractivity contribution in [3.8, 4) is 11.1 Å². The molecule has 2 N–H and O–H groups in total. The van der Waals surface area contributed by atoms with E-state index in [2.05, 4.69) is 12.1 Å². The zero-order valence-electron chi connectivity index (χ0n) is 15.3. The van der Waals surface area contributed by atoms with Gasteiger partial charge in [-0.2, -0.15) is 0 Å². The van der Waals surface area contributed by atoms with Crippen LogP contribution in [0.2, 0.25) is 0 Å². The molecule has 138 valence electrons. The molecule has 0 aliphatic heterocycles. The van der Waals surface area contributed by atoms with Gasteiger partial charge in [-0.1, -0.05) is 48.5 Å². The Kier molecular flexibility index (Phi) is 3.39. The van der Waals surface area contributed by atoms with Gasteiger partial charge in [-0.05, 0) is 46.9 Å². The molecule has 29 heavy (non-hydrogen) atoms. The van der Waals surface area contributed by atoms with E-state index in [1.54, 1.807) is 12.1 Å². The molecule has 6 aromatic rings. The second kappa shape index (κ2) is 5.98. The van der Waals surface area contributed by atoms with Crippen molar-refractivity contribution in [2.75, 3.05) is 0 Å². The van der Waals surface area contributed by atoms with Crippen molar-refractivity contribution in [3.05, 3.63) is 78.9 Å². The van der Waals surface area contributed by atoms with Crippen LogP contribution in [-0.4, -0.2) is 17.2 Å². The summed E-state index contributed by atoms with van der Waals surface area (Å²) in [4.78, 5) is 0. The molecule has 0 amide bonds. The third-order valence-corrected chi connectivity index (χ3v) is 5.52. The summed E-state index contributed by atoms with van der Waals surface area (Å²) in [5.41, 5.74) is 5.55. The van der Waals surface area contributed by atoms with Crippen molar-refractivity contribution in [1.82, 2.24) is 0 Å². The molecule has 5 heteroatoms. The third-order valence-electron chi connectivity index (χ3n) is 5.52. The van der Waals surface area contributed by atoms with Crippen LogP contribution in [-0.2, 0) is 0 Å². The van der Waals surface area contributed by atoms with Crippen LogP contribution in [0.1, 0.15) is 0 Å². The number of hydrogen-bond donors (Lipinski definition) is 2. The van der Waals surface area contributed by atoms with Gasteiger partial charge in [0, 0.05) is 21.5 Å². The molecule has 0 fully saturated rings. The summed E-state index contributed by atoms with van der Waals surface area (Å²) in [7, 11) is -1.57. The Morgan fingerprint density at radius 1 is 0.586 bits per heavy atom. The minimum Gasteiger partial charge on any atom is -0.456 e. The predicted molar refractivity (Wildman–Crippen MR) is 116 cm³/mol. The minimum atomic E-state index is -1.57. The van der Waals surface area contributed by atoms with E-state index in [0.717, 1.165) is 43.8 Å². The second-order valence-electron chi connectivity index (χ2n) is 7.18. The Labute approximate surface area is 165 Å². The average Bonchev–Trinajstić information content (AvgIpc) is 3.31. The van der Waals surface area contributed by atoms with Crippen LogP contribution >= 0.6 is 0 Å².